The standard InChI is InChI=1S/C29H38N2OS/c1-18(17-32)21-11-12-22-20-9-10-24-26-25(31-27(33-26)30-19-7-5-4-6-8-19)14-16-29(24,3)23(20)13-15-28(21,22)2/h4-8,10,18,20-23,32H,9,11-17H2,1-3H3,(H,30,31)/t18-,20-,21+,22-,23-,28+,29+/m0/s1. The highest BCUT2D eigenvalue weighted by atomic mass is 32.1. The van der Waals surface area contributed by atoms with Gasteiger partial charge in [0.2, 0.25) is 0 Å². The Morgan fingerprint density at radius 2 is 1.94 bits per heavy atom. The first kappa shape index (κ1) is 21.9. The van der Waals surface area contributed by atoms with Crippen LogP contribution in [0.5, 0.6) is 0 Å². The SMILES string of the molecule is C[C@@H](CO)[C@H]1CC[C@H]2[C@@H]3CC=C4c5sc(Nc6ccccc6)nc5CC[C@]4(C)[C@H]3CC[C@]12C. The number of nitrogens with zero attached hydrogens (tertiary/aromatic N) is 1. The Morgan fingerprint density at radius 1 is 1.12 bits per heavy atom. The van der Waals surface area contributed by atoms with Gasteiger partial charge >= 0.3 is 0 Å². The second-order valence-corrected chi connectivity index (χ2v) is 12.8. The molecule has 2 saturated carbocycles. The number of anilines is 2. The summed E-state index contributed by atoms with van der Waals surface area (Å²) in [5, 5.41) is 14.5. The Balaban J connectivity index is 1.30. The summed E-state index contributed by atoms with van der Waals surface area (Å²) in [6, 6.07) is 10.4. The Kier molecular flexibility index (Phi) is 5.26. The number of allylic oxidation sites excluding steroid dienone is 2. The average Bonchev–Trinajstić information content (AvgIpc) is 3.39. The van der Waals surface area contributed by atoms with Crippen LogP contribution in [0.4, 0.5) is 10.8 Å². The summed E-state index contributed by atoms with van der Waals surface area (Å²) in [5.74, 6) is 3.55. The van der Waals surface area contributed by atoms with Crippen LogP contribution >= 0.6 is 11.3 Å². The van der Waals surface area contributed by atoms with Gasteiger partial charge in [-0.25, -0.2) is 4.98 Å². The van der Waals surface area contributed by atoms with Gasteiger partial charge < -0.3 is 10.4 Å². The van der Waals surface area contributed by atoms with E-state index in [0.717, 1.165) is 35.0 Å². The van der Waals surface area contributed by atoms with Crippen molar-refractivity contribution in [2.45, 2.75) is 65.7 Å². The fourth-order valence-electron chi connectivity index (χ4n) is 8.68. The molecule has 6 rings (SSSR count). The summed E-state index contributed by atoms with van der Waals surface area (Å²) in [7, 11) is 0. The summed E-state index contributed by atoms with van der Waals surface area (Å²) in [6.07, 6.45) is 11.6. The molecule has 176 valence electrons. The topological polar surface area (TPSA) is 45.1 Å². The minimum Gasteiger partial charge on any atom is -0.396 e. The van der Waals surface area contributed by atoms with E-state index in [2.05, 4.69) is 62.5 Å². The highest BCUT2D eigenvalue weighted by molar-refractivity contribution is 7.16. The first-order valence-corrected chi connectivity index (χ1v) is 13.9. The molecule has 0 aliphatic heterocycles. The van der Waals surface area contributed by atoms with Crippen LogP contribution in [0.2, 0.25) is 0 Å². The monoisotopic (exact) mass is 462 g/mol. The van der Waals surface area contributed by atoms with Crippen LogP contribution in [0.15, 0.2) is 36.4 Å². The number of aliphatic hydroxyl groups excluding tert-OH is 1. The maximum absolute atomic E-state index is 9.90. The molecule has 2 aromatic rings. The van der Waals surface area contributed by atoms with Crippen molar-refractivity contribution in [1.29, 1.82) is 0 Å². The molecule has 0 spiro atoms. The van der Waals surface area contributed by atoms with E-state index in [1.807, 2.05) is 11.3 Å². The smallest absolute Gasteiger partial charge is 0.187 e. The number of benzene rings is 1. The van der Waals surface area contributed by atoms with Gasteiger partial charge in [-0.15, -0.1) is 0 Å². The quantitative estimate of drug-likeness (QED) is 0.500. The minimum atomic E-state index is 0.286. The number of hydrogen-bond acceptors (Lipinski definition) is 4. The summed E-state index contributed by atoms with van der Waals surface area (Å²) in [5.41, 5.74) is 4.73. The number of aliphatic hydroxyl groups is 1. The Morgan fingerprint density at radius 3 is 2.73 bits per heavy atom. The number of hydrogen-bond donors (Lipinski definition) is 2. The molecular weight excluding hydrogens is 424 g/mol. The molecule has 0 unspecified atom stereocenters. The molecule has 0 amide bonds. The number of nitrogens with one attached hydrogen (secondary N) is 1. The van der Waals surface area contributed by atoms with Gasteiger partial charge in [0.1, 0.15) is 0 Å². The number of thiazole rings is 1. The zero-order valence-electron chi connectivity index (χ0n) is 20.3. The molecular formula is C29H38N2OS. The van der Waals surface area contributed by atoms with Crippen LogP contribution in [-0.2, 0) is 6.42 Å². The number of para-hydroxylation sites is 1. The highest BCUT2D eigenvalue weighted by Crippen LogP contribution is 2.68. The van der Waals surface area contributed by atoms with E-state index in [1.165, 1.54) is 49.1 Å². The maximum atomic E-state index is 9.90. The third kappa shape index (κ3) is 3.27. The van der Waals surface area contributed by atoms with Crippen molar-refractivity contribution < 1.29 is 5.11 Å². The van der Waals surface area contributed by atoms with Crippen LogP contribution in [0, 0.1) is 40.4 Å². The Bertz CT molecular complexity index is 1060. The summed E-state index contributed by atoms with van der Waals surface area (Å²) in [6.45, 7) is 7.77. The van der Waals surface area contributed by atoms with Gasteiger partial charge in [0, 0.05) is 12.3 Å². The van der Waals surface area contributed by atoms with Gasteiger partial charge in [0.05, 0.1) is 10.6 Å². The fourth-order valence-corrected chi connectivity index (χ4v) is 9.89. The van der Waals surface area contributed by atoms with Gasteiger partial charge in [0.25, 0.3) is 0 Å². The summed E-state index contributed by atoms with van der Waals surface area (Å²) in [4.78, 5) is 6.47. The largest absolute Gasteiger partial charge is 0.396 e. The molecule has 0 radical (unpaired) electrons. The van der Waals surface area contributed by atoms with E-state index in [1.54, 1.807) is 5.57 Å². The number of rotatable bonds is 4. The molecule has 1 aromatic heterocycles. The van der Waals surface area contributed by atoms with E-state index < -0.39 is 0 Å². The molecule has 3 nitrogen and oxygen atoms in total. The molecule has 0 bridgehead atoms. The predicted molar refractivity (Wildman–Crippen MR) is 138 cm³/mol. The molecule has 0 saturated heterocycles. The van der Waals surface area contributed by atoms with Crippen LogP contribution in [0.25, 0.3) is 5.57 Å². The van der Waals surface area contributed by atoms with Crippen molar-refractivity contribution in [3.63, 3.8) is 0 Å². The van der Waals surface area contributed by atoms with Crippen molar-refractivity contribution in [2.24, 2.45) is 40.4 Å². The minimum absolute atomic E-state index is 0.286. The third-order valence-electron chi connectivity index (χ3n) is 10.4. The lowest BCUT2D eigenvalue weighted by Crippen LogP contribution is -2.50. The van der Waals surface area contributed by atoms with Gasteiger partial charge in [-0.3, -0.25) is 0 Å². The van der Waals surface area contributed by atoms with Crippen LogP contribution in [-0.4, -0.2) is 16.7 Å². The molecule has 4 aliphatic rings. The highest BCUT2D eigenvalue weighted by Gasteiger charge is 2.59. The molecule has 1 aromatic carbocycles. The van der Waals surface area contributed by atoms with Crippen LogP contribution in [0.3, 0.4) is 0 Å². The lowest BCUT2D eigenvalue weighted by molar-refractivity contribution is -0.0430. The lowest BCUT2D eigenvalue weighted by atomic mass is 9.47. The molecule has 2 fully saturated rings. The van der Waals surface area contributed by atoms with E-state index in [9.17, 15) is 5.11 Å². The molecule has 7 atom stereocenters. The van der Waals surface area contributed by atoms with Crippen LogP contribution < -0.4 is 5.32 Å². The van der Waals surface area contributed by atoms with Crippen molar-refractivity contribution in [3.05, 3.63) is 47.0 Å². The van der Waals surface area contributed by atoms with Gasteiger partial charge in [-0.1, -0.05) is 56.4 Å². The molecule has 2 N–H and O–H groups in total. The lowest BCUT2D eigenvalue weighted by Gasteiger charge is -2.57. The van der Waals surface area contributed by atoms with E-state index in [0.29, 0.717) is 23.9 Å². The molecule has 1 heterocycles. The average molecular weight is 463 g/mol. The fraction of sp³-hybridized carbons (Fsp3) is 0.621. The molecule has 4 heteroatoms. The van der Waals surface area contributed by atoms with E-state index in [4.69, 9.17) is 4.98 Å². The zero-order chi connectivity index (χ0) is 22.8. The summed E-state index contributed by atoms with van der Waals surface area (Å²) >= 11 is 1.86. The Hall–Kier alpha value is -1.65. The van der Waals surface area contributed by atoms with Crippen molar-refractivity contribution in [3.8, 4) is 0 Å². The molecule has 33 heavy (non-hydrogen) atoms. The first-order valence-electron chi connectivity index (χ1n) is 13.1. The second kappa shape index (κ2) is 7.95. The van der Waals surface area contributed by atoms with Gasteiger partial charge in [-0.2, -0.15) is 0 Å². The number of fused-ring (bicyclic) bond motifs is 7. The van der Waals surface area contributed by atoms with Gasteiger partial charge in [-0.05, 0) is 103 Å². The normalized spacial score (nSPS) is 37.9. The Labute approximate surface area is 202 Å². The van der Waals surface area contributed by atoms with Crippen molar-refractivity contribution in [2.75, 3.05) is 11.9 Å². The van der Waals surface area contributed by atoms with Gasteiger partial charge in [0.15, 0.2) is 5.13 Å². The second-order valence-electron chi connectivity index (χ2n) is 11.8. The van der Waals surface area contributed by atoms with E-state index in [-0.39, 0.29) is 5.41 Å². The van der Waals surface area contributed by atoms with E-state index >= 15 is 0 Å². The molecule has 4 aliphatic carbocycles. The predicted octanol–water partition coefficient (Wildman–Crippen LogP) is 7.31. The number of aromatic nitrogens is 1. The van der Waals surface area contributed by atoms with Crippen molar-refractivity contribution >= 4 is 27.7 Å². The summed E-state index contributed by atoms with van der Waals surface area (Å²) < 4.78 is 0. The third-order valence-corrected chi connectivity index (χ3v) is 11.4. The first-order chi connectivity index (χ1) is 15.9. The van der Waals surface area contributed by atoms with Crippen LogP contribution in [0.1, 0.15) is 69.9 Å². The zero-order valence-corrected chi connectivity index (χ0v) is 21.1. The number of aryl methyl sites for hydroxylation is 1. The maximum Gasteiger partial charge on any atom is 0.187 e. The van der Waals surface area contributed by atoms with Crippen molar-refractivity contribution in [1.82, 2.24) is 4.98 Å².